The third kappa shape index (κ3) is 4.73. The van der Waals surface area contributed by atoms with E-state index < -0.39 is 40.9 Å². The lowest BCUT2D eigenvalue weighted by atomic mass is 10.0. The molecular formula is C24H15ClF3N3O4. The largest absolute Gasteiger partial charge is 0.476 e. The first-order chi connectivity index (χ1) is 16.6. The van der Waals surface area contributed by atoms with Crippen molar-refractivity contribution in [3.8, 4) is 0 Å². The van der Waals surface area contributed by atoms with Crippen molar-refractivity contribution in [1.29, 1.82) is 0 Å². The van der Waals surface area contributed by atoms with Crippen LogP contribution < -0.4 is 10.9 Å². The average Bonchev–Trinajstić information content (AvgIpc) is 2.82. The summed E-state index contributed by atoms with van der Waals surface area (Å²) >= 11 is 6.02. The molecule has 35 heavy (non-hydrogen) atoms. The molecule has 178 valence electrons. The zero-order valence-electron chi connectivity index (χ0n) is 17.6. The summed E-state index contributed by atoms with van der Waals surface area (Å²) in [6.07, 6.45) is -4.68. The molecule has 0 aliphatic rings. The molecule has 7 nitrogen and oxygen atoms in total. The highest BCUT2D eigenvalue weighted by Crippen LogP contribution is 2.34. The number of nitrogens with one attached hydrogen (secondary N) is 1. The first-order valence-electron chi connectivity index (χ1n) is 10.1. The first-order valence-corrected chi connectivity index (χ1v) is 10.4. The number of aromatic nitrogens is 2. The van der Waals surface area contributed by atoms with Crippen molar-refractivity contribution in [1.82, 2.24) is 9.78 Å². The third-order valence-electron chi connectivity index (χ3n) is 5.19. The molecule has 0 spiro atoms. The van der Waals surface area contributed by atoms with Gasteiger partial charge >= 0.3 is 12.1 Å². The summed E-state index contributed by atoms with van der Waals surface area (Å²) in [7, 11) is 0. The second-order valence-corrected chi connectivity index (χ2v) is 7.85. The van der Waals surface area contributed by atoms with Gasteiger partial charge in [0.2, 0.25) is 0 Å². The number of alkyl halides is 3. The van der Waals surface area contributed by atoms with E-state index in [1.165, 1.54) is 36.4 Å². The number of fused-ring (bicyclic) bond motifs is 1. The number of aromatic carboxylic acids is 1. The Labute approximate surface area is 200 Å². The van der Waals surface area contributed by atoms with Crippen LogP contribution in [-0.2, 0) is 11.0 Å². The van der Waals surface area contributed by atoms with Gasteiger partial charge in [-0.15, -0.1) is 0 Å². The number of rotatable bonds is 5. The van der Waals surface area contributed by atoms with Crippen LogP contribution in [0.1, 0.15) is 27.7 Å². The van der Waals surface area contributed by atoms with Crippen LogP contribution in [0.25, 0.3) is 10.8 Å². The van der Waals surface area contributed by atoms with E-state index in [2.05, 4.69) is 10.4 Å². The van der Waals surface area contributed by atoms with E-state index in [1.54, 1.807) is 18.2 Å². The Balaban J connectivity index is 1.89. The van der Waals surface area contributed by atoms with Crippen LogP contribution >= 0.6 is 11.6 Å². The Hall–Kier alpha value is -4.18. The van der Waals surface area contributed by atoms with Crippen LogP contribution in [0.4, 0.5) is 18.9 Å². The number of hydrogen-bond acceptors (Lipinski definition) is 4. The quantitative estimate of drug-likeness (QED) is 0.401. The summed E-state index contributed by atoms with van der Waals surface area (Å²) < 4.78 is 40.2. The number of carbonyl (C=O) groups is 2. The summed E-state index contributed by atoms with van der Waals surface area (Å²) in [4.78, 5) is 38.6. The number of carboxylic acids is 1. The Kier molecular flexibility index (Phi) is 6.31. The molecule has 4 rings (SSSR count). The lowest BCUT2D eigenvalue weighted by molar-refractivity contribution is -0.137. The minimum Gasteiger partial charge on any atom is -0.476 e. The smallest absolute Gasteiger partial charge is 0.416 e. The van der Waals surface area contributed by atoms with Gasteiger partial charge in [0.15, 0.2) is 11.7 Å². The standard InChI is InChI=1S/C24H15ClF3N3O4/c25-17-11-10-14(24(26,27)28)12-18(17)29-21(32)20(13-6-2-1-3-7-13)31-22(33)16-9-5-4-8-15(16)19(30-31)23(34)35/h1-12,20H,(H,29,32)(H,34,35)/t20-/m0/s1. The highest BCUT2D eigenvalue weighted by Gasteiger charge is 2.32. The van der Waals surface area contributed by atoms with E-state index in [-0.39, 0.29) is 27.0 Å². The highest BCUT2D eigenvalue weighted by atomic mass is 35.5. The van der Waals surface area contributed by atoms with Crippen molar-refractivity contribution < 1.29 is 27.9 Å². The molecule has 3 aromatic carbocycles. The molecule has 1 aromatic heterocycles. The van der Waals surface area contributed by atoms with Crippen molar-refractivity contribution in [2.45, 2.75) is 12.2 Å². The summed E-state index contributed by atoms with van der Waals surface area (Å²) in [5, 5.41) is 15.9. The van der Waals surface area contributed by atoms with Crippen LogP contribution in [0, 0.1) is 0 Å². The van der Waals surface area contributed by atoms with Crippen molar-refractivity contribution >= 4 is 39.9 Å². The average molecular weight is 502 g/mol. The van der Waals surface area contributed by atoms with E-state index in [4.69, 9.17) is 11.6 Å². The molecule has 0 saturated heterocycles. The number of carboxylic acid groups (broad SMARTS) is 1. The second kappa shape index (κ2) is 9.22. The summed E-state index contributed by atoms with van der Waals surface area (Å²) in [6, 6.07) is 14.6. The zero-order chi connectivity index (χ0) is 25.3. The fourth-order valence-electron chi connectivity index (χ4n) is 3.58. The van der Waals surface area contributed by atoms with Crippen molar-refractivity contribution in [2.24, 2.45) is 0 Å². The zero-order valence-corrected chi connectivity index (χ0v) is 18.3. The number of anilines is 1. The Morgan fingerprint density at radius 2 is 1.60 bits per heavy atom. The Bertz CT molecular complexity index is 1500. The first kappa shape index (κ1) is 24.0. The number of amides is 1. The van der Waals surface area contributed by atoms with Crippen LogP contribution in [-0.4, -0.2) is 26.8 Å². The molecule has 11 heteroatoms. The third-order valence-corrected chi connectivity index (χ3v) is 5.52. The van der Waals surface area contributed by atoms with Gasteiger partial charge in [-0.05, 0) is 29.8 Å². The lowest BCUT2D eigenvalue weighted by Crippen LogP contribution is -2.37. The number of hydrogen-bond donors (Lipinski definition) is 2. The normalized spacial score (nSPS) is 12.3. The van der Waals surface area contributed by atoms with Gasteiger partial charge in [-0.2, -0.15) is 18.3 Å². The maximum absolute atomic E-state index is 13.4. The predicted molar refractivity (Wildman–Crippen MR) is 123 cm³/mol. The molecule has 0 aliphatic heterocycles. The van der Waals surface area contributed by atoms with Crippen molar-refractivity contribution in [2.75, 3.05) is 5.32 Å². The van der Waals surface area contributed by atoms with E-state index in [9.17, 15) is 32.7 Å². The van der Waals surface area contributed by atoms with Crippen LogP contribution in [0.2, 0.25) is 5.02 Å². The van der Waals surface area contributed by atoms with Gasteiger partial charge in [0.25, 0.3) is 11.5 Å². The Morgan fingerprint density at radius 3 is 2.23 bits per heavy atom. The molecule has 0 bridgehead atoms. The second-order valence-electron chi connectivity index (χ2n) is 7.44. The molecule has 1 atom stereocenters. The monoisotopic (exact) mass is 501 g/mol. The van der Waals surface area contributed by atoms with Gasteiger partial charge in [-0.25, -0.2) is 9.48 Å². The SMILES string of the molecule is O=C(O)c1nn([C@H](C(=O)Nc2cc(C(F)(F)F)ccc2Cl)c2ccccc2)c(=O)c2ccccc12. The van der Waals surface area contributed by atoms with Crippen molar-refractivity contribution in [3.05, 3.63) is 105 Å². The van der Waals surface area contributed by atoms with Crippen LogP contribution in [0.15, 0.2) is 77.6 Å². The maximum atomic E-state index is 13.4. The molecule has 0 fully saturated rings. The van der Waals surface area contributed by atoms with Crippen LogP contribution in [0.5, 0.6) is 0 Å². The molecule has 0 radical (unpaired) electrons. The summed E-state index contributed by atoms with van der Waals surface area (Å²) in [6.45, 7) is 0. The lowest BCUT2D eigenvalue weighted by Gasteiger charge is -2.21. The molecule has 4 aromatic rings. The van der Waals surface area contributed by atoms with E-state index in [1.807, 2.05) is 0 Å². The maximum Gasteiger partial charge on any atom is 0.416 e. The van der Waals surface area contributed by atoms with E-state index in [0.717, 1.165) is 12.1 Å². The topological polar surface area (TPSA) is 101 Å². The minimum absolute atomic E-state index is 0.00531. The van der Waals surface area contributed by atoms with E-state index in [0.29, 0.717) is 10.7 Å². The molecule has 1 amide bonds. The summed E-state index contributed by atoms with van der Waals surface area (Å²) in [5.74, 6) is -2.37. The number of carbonyl (C=O) groups excluding carboxylic acids is 1. The van der Waals surface area contributed by atoms with Crippen LogP contribution in [0.3, 0.4) is 0 Å². The van der Waals surface area contributed by atoms with Gasteiger partial charge in [0.1, 0.15) is 0 Å². The van der Waals surface area contributed by atoms with E-state index >= 15 is 0 Å². The van der Waals surface area contributed by atoms with Gasteiger partial charge in [-0.3, -0.25) is 9.59 Å². The Morgan fingerprint density at radius 1 is 0.971 bits per heavy atom. The molecule has 1 heterocycles. The summed E-state index contributed by atoms with van der Waals surface area (Å²) in [5.41, 5.74) is -2.35. The highest BCUT2D eigenvalue weighted by molar-refractivity contribution is 6.33. The van der Waals surface area contributed by atoms with Gasteiger partial charge in [0.05, 0.1) is 21.7 Å². The molecule has 0 unspecified atom stereocenters. The van der Waals surface area contributed by atoms with Gasteiger partial charge in [0, 0.05) is 5.39 Å². The molecule has 0 aliphatic carbocycles. The fourth-order valence-corrected chi connectivity index (χ4v) is 3.74. The fraction of sp³-hybridized carbons (Fsp3) is 0.0833. The number of benzene rings is 3. The molecular weight excluding hydrogens is 487 g/mol. The van der Waals surface area contributed by atoms with Gasteiger partial charge < -0.3 is 10.4 Å². The minimum atomic E-state index is -4.68. The van der Waals surface area contributed by atoms with Gasteiger partial charge in [-0.1, -0.05) is 60.1 Å². The molecule has 2 N–H and O–H groups in total. The number of halogens is 4. The predicted octanol–water partition coefficient (Wildman–Crippen LogP) is 5.00. The number of nitrogens with zero attached hydrogens (tertiary/aromatic N) is 2. The molecule has 0 saturated carbocycles. The van der Waals surface area contributed by atoms with Crippen molar-refractivity contribution in [3.63, 3.8) is 0 Å².